The Morgan fingerprint density at radius 3 is 2.92 bits per heavy atom. The molecule has 6 nitrogen and oxygen atoms in total. The first-order valence-corrected chi connectivity index (χ1v) is 9.26. The third-order valence-corrected chi connectivity index (χ3v) is 5.90. The first-order chi connectivity index (χ1) is 12.1. The molecule has 1 N–H and O–H groups in total. The monoisotopic (exact) mass is 354 g/mol. The number of fused-ring (bicyclic) bond motifs is 3. The van der Waals surface area contributed by atoms with Crippen LogP contribution in [0.5, 0.6) is 0 Å². The van der Waals surface area contributed by atoms with E-state index in [-0.39, 0.29) is 5.43 Å². The lowest BCUT2D eigenvalue weighted by Gasteiger charge is -2.21. The number of thioether (sulfide) groups is 1. The topological polar surface area (TPSA) is 84.7 Å². The van der Waals surface area contributed by atoms with Gasteiger partial charge in [-0.25, -0.2) is 5.10 Å². The summed E-state index contributed by atoms with van der Waals surface area (Å²) in [5.41, 5.74) is 3.47. The van der Waals surface area contributed by atoms with Gasteiger partial charge in [0.1, 0.15) is 5.76 Å². The molecule has 1 aliphatic heterocycles. The van der Waals surface area contributed by atoms with Gasteiger partial charge in [0.05, 0.1) is 5.56 Å². The van der Waals surface area contributed by atoms with E-state index < -0.39 is 0 Å². The summed E-state index contributed by atoms with van der Waals surface area (Å²) in [6, 6.07) is 6.44. The number of hydrogen-bond donors (Lipinski definition) is 1. The van der Waals surface area contributed by atoms with E-state index in [0.29, 0.717) is 40.1 Å². The van der Waals surface area contributed by atoms with Crippen LogP contribution in [0.3, 0.4) is 0 Å². The van der Waals surface area contributed by atoms with Crippen LogP contribution in [0.1, 0.15) is 42.9 Å². The van der Waals surface area contributed by atoms with Crippen LogP contribution in [0.4, 0.5) is 0 Å². The summed E-state index contributed by atoms with van der Waals surface area (Å²) in [5, 5.41) is 13.8. The van der Waals surface area contributed by atoms with Crippen LogP contribution in [0.15, 0.2) is 32.3 Å². The second kappa shape index (κ2) is 6.15. The Hall–Kier alpha value is -2.41. The van der Waals surface area contributed by atoms with Crippen molar-refractivity contribution in [3.8, 4) is 22.9 Å². The Bertz CT molecular complexity index is 995. The Labute approximate surface area is 149 Å². The van der Waals surface area contributed by atoms with E-state index in [1.54, 1.807) is 18.7 Å². The van der Waals surface area contributed by atoms with Crippen LogP contribution in [-0.4, -0.2) is 20.6 Å². The molecule has 3 heterocycles. The molecule has 1 aliphatic rings. The molecule has 1 atom stereocenters. The highest BCUT2D eigenvalue weighted by molar-refractivity contribution is 7.98. The number of hydrogen-bond acceptors (Lipinski definition) is 6. The van der Waals surface area contributed by atoms with Crippen LogP contribution >= 0.6 is 11.8 Å². The molecular weight excluding hydrogens is 336 g/mol. The smallest absolute Gasteiger partial charge is 0.215 e. The lowest BCUT2D eigenvalue weighted by atomic mass is 9.95. The van der Waals surface area contributed by atoms with E-state index in [1.807, 2.05) is 0 Å². The van der Waals surface area contributed by atoms with Gasteiger partial charge in [0, 0.05) is 21.8 Å². The fraction of sp³-hybridized carbons (Fsp3) is 0.333. The van der Waals surface area contributed by atoms with Gasteiger partial charge in [0.2, 0.25) is 5.82 Å². The molecule has 3 aromatic rings. The van der Waals surface area contributed by atoms with Crippen molar-refractivity contribution in [3.63, 3.8) is 0 Å². The summed E-state index contributed by atoms with van der Waals surface area (Å²) in [7, 11) is 0. The molecule has 2 aromatic heterocycles. The standard InChI is InChI=1S/C18H18N4O2S/c1-4-9(2)11-5-6-14-12(7-11)17-13(8-25-14)15(23)10(3)16(24-17)18-19-21-22-20-18/h5-7,9H,4,8H2,1-3H3,(H,19,20,21,22). The summed E-state index contributed by atoms with van der Waals surface area (Å²) in [4.78, 5) is 14.0. The predicted molar refractivity (Wildman–Crippen MR) is 96.6 cm³/mol. The molecule has 7 heteroatoms. The average Bonchev–Trinajstić information content (AvgIpc) is 3.17. The van der Waals surface area contributed by atoms with Crippen molar-refractivity contribution in [1.82, 2.24) is 20.6 Å². The third kappa shape index (κ3) is 2.59. The SMILES string of the molecule is CCC(C)c1ccc2c(c1)-c1oc(-c3nnn[nH]3)c(C)c(=O)c1CS2. The van der Waals surface area contributed by atoms with Gasteiger partial charge in [-0.2, -0.15) is 0 Å². The van der Waals surface area contributed by atoms with Gasteiger partial charge in [-0.1, -0.05) is 19.9 Å². The zero-order valence-electron chi connectivity index (χ0n) is 14.3. The lowest BCUT2D eigenvalue weighted by molar-refractivity contribution is 0.562. The normalized spacial score (nSPS) is 14.0. The maximum Gasteiger partial charge on any atom is 0.215 e. The summed E-state index contributed by atoms with van der Waals surface area (Å²) in [5.74, 6) is 2.48. The second-order valence-corrected chi connectivity index (χ2v) is 7.31. The van der Waals surface area contributed by atoms with E-state index >= 15 is 0 Å². The van der Waals surface area contributed by atoms with Crippen molar-refractivity contribution < 1.29 is 4.42 Å². The maximum atomic E-state index is 12.9. The number of rotatable bonds is 3. The number of aromatic nitrogens is 4. The van der Waals surface area contributed by atoms with E-state index in [9.17, 15) is 4.79 Å². The van der Waals surface area contributed by atoms with Crippen molar-refractivity contribution in [2.75, 3.05) is 0 Å². The molecule has 0 spiro atoms. The van der Waals surface area contributed by atoms with Gasteiger partial charge in [0.25, 0.3) is 0 Å². The van der Waals surface area contributed by atoms with Gasteiger partial charge in [-0.05, 0) is 47.4 Å². The Kier molecular flexibility index (Phi) is 3.95. The maximum absolute atomic E-state index is 12.9. The van der Waals surface area contributed by atoms with Crippen molar-refractivity contribution >= 4 is 11.8 Å². The Morgan fingerprint density at radius 1 is 1.36 bits per heavy atom. The molecule has 128 valence electrons. The molecule has 25 heavy (non-hydrogen) atoms. The van der Waals surface area contributed by atoms with E-state index in [1.165, 1.54) is 5.56 Å². The van der Waals surface area contributed by atoms with Crippen LogP contribution in [-0.2, 0) is 5.75 Å². The number of nitrogens with one attached hydrogen (secondary N) is 1. The van der Waals surface area contributed by atoms with Crippen LogP contribution in [0.2, 0.25) is 0 Å². The summed E-state index contributed by atoms with van der Waals surface area (Å²) in [6.45, 7) is 6.13. The van der Waals surface area contributed by atoms with E-state index in [4.69, 9.17) is 4.42 Å². The zero-order valence-corrected chi connectivity index (χ0v) is 15.1. The molecule has 1 unspecified atom stereocenters. The molecule has 0 bridgehead atoms. The predicted octanol–water partition coefficient (Wildman–Crippen LogP) is 3.91. The minimum absolute atomic E-state index is 0.000238. The summed E-state index contributed by atoms with van der Waals surface area (Å²) >= 11 is 1.68. The molecule has 4 rings (SSSR count). The first kappa shape index (κ1) is 16.1. The molecule has 0 aliphatic carbocycles. The highest BCUT2D eigenvalue weighted by atomic mass is 32.2. The van der Waals surface area contributed by atoms with Crippen LogP contribution in [0, 0.1) is 6.92 Å². The Morgan fingerprint density at radius 2 is 2.20 bits per heavy atom. The molecule has 0 saturated carbocycles. The first-order valence-electron chi connectivity index (χ1n) is 8.28. The van der Waals surface area contributed by atoms with Gasteiger partial charge in [-0.3, -0.25) is 4.79 Å². The molecule has 0 radical (unpaired) electrons. The largest absolute Gasteiger partial charge is 0.452 e. The van der Waals surface area contributed by atoms with Crippen molar-refractivity contribution in [2.45, 2.75) is 43.8 Å². The van der Waals surface area contributed by atoms with Gasteiger partial charge < -0.3 is 4.42 Å². The van der Waals surface area contributed by atoms with Crippen LogP contribution < -0.4 is 5.43 Å². The number of nitrogens with zero attached hydrogens (tertiary/aromatic N) is 3. The zero-order chi connectivity index (χ0) is 17.6. The fourth-order valence-electron chi connectivity index (χ4n) is 3.05. The fourth-order valence-corrected chi connectivity index (χ4v) is 4.08. The van der Waals surface area contributed by atoms with E-state index in [0.717, 1.165) is 16.9 Å². The van der Waals surface area contributed by atoms with Crippen molar-refractivity contribution in [3.05, 3.63) is 45.1 Å². The van der Waals surface area contributed by atoms with Crippen LogP contribution in [0.25, 0.3) is 22.9 Å². The quantitative estimate of drug-likeness (QED) is 0.767. The lowest BCUT2D eigenvalue weighted by Crippen LogP contribution is -2.16. The van der Waals surface area contributed by atoms with Gasteiger partial charge in [0.15, 0.2) is 11.2 Å². The number of tetrazole rings is 1. The number of H-pyrrole nitrogens is 1. The third-order valence-electron chi connectivity index (χ3n) is 4.80. The van der Waals surface area contributed by atoms with E-state index in [2.05, 4.69) is 52.7 Å². The molecule has 0 amide bonds. The van der Waals surface area contributed by atoms with Crippen molar-refractivity contribution in [1.29, 1.82) is 0 Å². The molecule has 0 fully saturated rings. The van der Waals surface area contributed by atoms with Crippen molar-refractivity contribution in [2.24, 2.45) is 0 Å². The molecular formula is C18H18N4O2S. The second-order valence-electron chi connectivity index (χ2n) is 6.30. The Balaban J connectivity index is 1.96. The molecule has 0 saturated heterocycles. The number of benzene rings is 1. The van der Waals surface area contributed by atoms with Gasteiger partial charge in [-0.15, -0.1) is 16.9 Å². The summed E-state index contributed by atoms with van der Waals surface area (Å²) in [6.07, 6.45) is 1.06. The summed E-state index contributed by atoms with van der Waals surface area (Å²) < 4.78 is 6.16. The molecule has 1 aromatic carbocycles. The van der Waals surface area contributed by atoms with Gasteiger partial charge >= 0.3 is 0 Å². The average molecular weight is 354 g/mol. The highest BCUT2D eigenvalue weighted by Gasteiger charge is 2.26. The highest BCUT2D eigenvalue weighted by Crippen LogP contribution is 2.43. The minimum atomic E-state index is -0.000238. The minimum Gasteiger partial charge on any atom is -0.452 e. The number of aromatic amines is 1.